The van der Waals surface area contributed by atoms with Crippen molar-refractivity contribution in [1.29, 1.82) is 0 Å². The SMILES string of the molecule is Fc1ccc(Br)cc1NCc1cn2ccsc2n1. The number of anilines is 1. The van der Waals surface area contributed by atoms with Crippen molar-refractivity contribution < 1.29 is 4.39 Å². The third-order valence-electron chi connectivity index (χ3n) is 2.53. The molecule has 0 unspecified atom stereocenters. The molecule has 0 saturated carbocycles. The fourth-order valence-corrected chi connectivity index (χ4v) is 2.76. The van der Waals surface area contributed by atoms with Crippen LogP contribution in [0.5, 0.6) is 0 Å². The Bertz CT molecular complexity index is 663. The van der Waals surface area contributed by atoms with Crippen LogP contribution in [0.1, 0.15) is 5.69 Å². The van der Waals surface area contributed by atoms with Crippen molar-refractivity contribution in [1.82, 2.24) is 9.38 Å². The first kappa shape index (κ1) is 11.7. The average molecular weight is 326 g/mol. The molecule has 2 heterocycles. The van der Waals surface area contributed by atoms with E-state index in [0.29, 0.717) is 12.2 Å². The van der Waals surface area contributed by atoms with Gasteiger partial charge in [0, 0.05) is 22.2 Å². The molecule has 0 amide bonds. The van der Waals surface area contributed by atoms with E-state index < -0.39 is 0 Å². The Morgan fingerprint density at radius 2 is 2.33 bits per heavy atom. The number of fused-ring (bicyclic) bond motifs is 1. The first-order chi connectivity index (χ1) is 8.72. The minimum Gasteiger partial charge on any atom is -0.377 e. The lowest BCUT2D eigenvalue weighted by molar-refractivity contribution is 0.629. The smallest absolute Gasteiger partial charge is 0.193 e. The summed E-state index contributed by atoms with van der Waals surface area (Å²) >= 11 is 4.90. The molecule has 1 N–H and O–H groups in total. The van der Waals surface area contributed by atoms with Gasteiger partial charge in [0.15, 0.2) is 4.96 Å². The number of nitrogens with one attached hydrogen (secondary N) is 1. The maximum absolute atomic E-state index is 13.5. The van der Waals surface area contributed by atoms with E-state index in [4.69, 9.17) is 0 Å². The number of benzene rings is 1. The molecule has 3 rings (SSSR count). The molecule has 0 saturated heterocycles. The number of halogens is 2. The second kappa shape index (κ2) is 4.70. The Morgan fingerprint density at radius 3 is 3.17 bits per heavy atom. The predicted molar refractivity (Wildman–Crippen MR) is 74.5 cm³/mol. The van der Waals surface area contributed by atoms with Gasteiger partial charge in [0.25, 0.3) is 0 Å². The van der Waals surface area contributed by atoms with Crippen LogP contribution in [0.15, 0.2) is 40.4 Å². The van der Waals surface area contributed by atoms with Gasteiger partial charge in [-0.15, -0.1) is 11.3 Å². The van der Waals surface area contributed by atoms with Gasteiger partial charge < -0.3 is 5.32 Å². The van der Waals surface area contributed by atoms with Crippen molar-refractivity contribution in [2.75, 3.05) is 5.32 Å². The molecule has 1 aromatic carbocycles. The lowest BCUT2D eigenvalue weighted by Crippen LogP contribution is -2.01. The van der Waals surface area contributed by atoms with E-state index in [-0.39, 0.29) is 5.82 Å². The minimum absolute atomic E-state index is 0.265. The highest BCUT2D eigenvalue weighted by molar-refractivity contribution is 9.10. The molecule has 0 aliphatic heterocycles. The molecule has 2 aromatic heterocycles. The molecule has 0 atom stereocenters. The summed E-state index contributed by atoms with van der Waals surface area (Å²) in [5, 5.41) is 5.02. The molecule has 0 spiro atoms. The second-order valence-corrected chi connectivity index (χ2v) is 5.59. The van der Waals surface area contributed by atoms with Gasteiger partial charge in [0.05, 0.1) is 17.9 Å². The molecule has 0 aliphatic carbocycles. The predicted octanol–water partition coefficient (Wildman–Crippen LogP) is 3.91. The summed E-state index contributed by atoms with van der Waals surface area (Å²) in [5.74, 6) is -0.265. The van der Waals surface area contributed by atoms with E-state index in [1.807, 2.05) is 22.2 Å². The number of aromatic nitrogens is 2. The summed E-state index contributed by atoms with van der Waals surface area (Å²) in [6.07, 6.45) is 3.89. The monoisotopic (exact) mass is 325 g/mol. The van der Waals surface area contributed by atoms with Crippen LogP contribution in [0.4, 0.5) is 10.1 Å². The van der Waals surface area contributed by atoms with Crippen LogP contribution < -0.4 is 5.32 Å². The van der Waals surface area contributed by atoms with Crippen molar-refractivity contribution in [3.8, 4) is 0 Å². The van der Waals surface area contributed by atoms with Crippen molar-refractivity contribution in [3.63, 3.8) is 0 Å². The van der Waals surface area contributed by atoms with E-state index in [0.717, 1.165) is 15.1 Å². The lowest BCUT2D eigenvalue weighted by Gasteiger charge is -2.06. The highest BCUT2D eigenvalue weighted by Gasteiger charge is 2.05. The van der Waals surface area contributed by atoms with Crippen LogP contribution in [-0.4, -0.2) is 9.38 Å². The van der Waals surface area contributed by atoms with Gasteiger partial charge in [-0.25, -0.2) is 9.37 Å². The molecule has 92 valence electrons. The number of imidazole rings is 1. The topological polar surface area (TPSA) is 29.3 Å². The molecule has 0 bridgehead atoms. The van der Waals surface area contributed by atoms with Crippen LogP contribution in [0, 0.1) is 5.82 Å². The lowest BCUT2D eigenvalue weighted by atomic mass is 10.3. The van der Waals surface area contributed by atoms with Crippen molar-refractivity contribution in [2.45, 2.75) is 6.54 Å². The fraction of sp³-hybridized carbons (Fsp3) is 0.0833. The van der Waals surface area contributed by atoms with Gasteiger partial charge in [-0.05, 0) is 18.2 Å². The summed E-state index contributed by atoms with van der Waals surface area (Å²) in [4.78, 5) is 5.37. The highest BCUT2D eigenvalue weighted by Crippen LogP contribution is 2.21. The second-order valence-electron chi connectivity index (χ2n) is 3.80. The van der Waals surface area contributed by atoms with E-state index in [9.17, 15) is 4.39 Å². The molecule has 3 nitrogen and oxygen atoms in total. The highest BCUT2D eigenvalue weighted by atomic mass is 79.9. The summed E-state index contributed by atoms with van der Waals surface area (Å²) in [5.41, 5.74) is 1.36. The van der Waals surface area contributed by atoms with Gasteiger partial charge >= 0.3 is 0 Å². The average Bonchev–Trinajstić information content (AvgIpc) is 2.90. The minimum atomic E-state index is -0.265. The van der Waals surface area contributed by atoms with E-state index in [1.54, 1.807) is 23.5 Å². The molecule has 0 fully saturated rings. The summed E-state index contributed by atoms with van der Waals surface area (Å²) in [6.45, 7) is 0.502. The standard InChI is InChI=1S/C12H9BrFN3S/c13-8-1-2-10(14)11(5-8)15-6-9-7-17-3-4-18-12(17)16-9/h1-5,7,15H,6H2. The van der Waals surface area contributed by atoms with E-state index in [1.165, 1.54) is 6.07 Å². The Hall–Kier alpha value is -1.40. The van der Waals surface area contributed by atoms with Crippen LogP contribution >= 0.6 is 27.3 Å². The van der Waals surface area contributed by atoms with Crippen LogP contribution in [0.25, 0.3) is 4.96 Å². The van der Waals surface area contributed by atoms with Crippen molar-refractivity contribution >= 4 is 37.9 Å². The third-order valence-corrected chi connectivity index (χ3v) is 3.80. The molecule has 18 heavy (non-hydrogen) atoms. The number of nitrogens with zero attached hydrogens (tertiary/aromatic N) is 2. The van der Waals surface area contributed by atoms with Gasteiger partial charge in [-0.1, -0.05) is 15.9 Å². The van der Waals surface area contributed by atoms with Crippen LogP contribution in [0.3, 0.4) is 0 Å². The van der Waals surface area contributed by atoms with Crippen LogP contribution in [-0.2, 0) is 6.54 Å². The van der Waals surface area contributed by atoms with E-state index in [2.05, 4.69) is 26.2 Å². The Kier molecular flexibility index (Phi) is 3.05. The molecular weight excluding hydrogens is 317 g/mol. The summed E-state index contributed by atoms with van der Waals surface area (Å²) in [6, 6.07) is 4.82. The van der Waals surface area contributed by atoms with Crippen molar-refractivity contribution in [3.05, 3.63) is 52.0 Å². The van der Waals surface area contributed by atoms with Gasteiger partial charge in [-0.2, -0.15) is 0 Å². The van der Waals surface area contributed by atoms with Gasteiger partial charge in [0.1, 0.15) is 5.82 Å². The Balaban J connectivity index is 1.77. The summed E-state index contributed by atoms with van der Waals surface area (Å²) in [7, 11) is 0. The number of hydrogen-bond acceptors (Lipinski definition) is 3. The molecular formula is C12H9BrFN3S. The zero-order valence-corrected chi connectivity index (χ0v) is 11.6. The normalized spacial score (nSPS) is 11.0. The first-order valence-corrected chi connectivity index (χ1v) is 6.99. The van der Waals surface area contributed by atoms with Gasteiger partial charge in [0.2, 0.25) is 0 Å². The molecule has 6 heteroatoms. The van der Waals surface area contributed by atoms with Crippen LogP contribution in [0.2, 0.25) is 0 Å². The third kappa shape index (κ3) is 2.26. The largest absolute Gasteiger partial charge is 0.377 e. The number of thiazole rings is 1. The maximum Gasteiger partial charge on any atom is 0.193 e. The molecule has 3 aromatic rings. The Labute approximate surface area is 115 Å². The van der Waals surface area contributed by atoms with Crippen molar-refractivity contribution in [2.24, 2.45) is 0 Å². The first-order valence-electron chi connectivity index (χ1n) is 5.32. The fourth-order valence-electron chi connectivity index (χ4n) is 1.68. The number of rotatable bonds is 3. The van der Waals surface area contributed by atoms with Gasteiger partial charge in [-0.3, -0.25) is 4.40 Å². The maximum atomic E-state index is 13.5. The number of hydrogen-bond donors (Lipinski definition) is 1. The van der Waals surface area contributed by atoms with E-state index >= 15 is 0 Å². The zero-order chi connectivity index (χ0) is 12.5. The summed E-state index contributed by atoms with van der Waals surface area (Å²) < 4.78 is 16.3. The zero-order valence-electron chi connectivity index (χ0n) is 9.23. The quantitative estimate of drug-likeness (QED) is 0.791. The Morgan fingerprint density at radius 1 is 1.44 bits per heavy atom. The molecule has 0 radical (unpaired) electrons. The molecule has 0 aliphatic rings.